The molecule has 1 aliphatic rings. The number of hydrogen-bond acceptors (Lipinski definition) is 6. The third-order valence-electron chi connectivity index (χ3n) is 4.88. The number of hydrogen-bond donors (Lipinski definition) is 0. The van der Waals surface area contributed by atoms with E-state index >= 15 is 0 Å². The number of sulfonamides is 1. The maximum atomic E-state index is 12.9. The average Bonchev–Trinajstić information content (AvgIpc) is 3.12. The summed E-state index contributed by atoms with van der Waals surface area (Å²) in [5.74, 6) is 0.315. The Morgan fingerprint density at radius 1 is 1.07 bits per heavy atom. The molecular weight excluding hydrogens is 368 g/mol. The second-order valence-corrected chi connectivity index (χ2v) is 8.62. The highest BCUT2D eigenvalue weighted by molar-refractivity contribution is 7.89. The number of benzene rings is 1. The average molecular weight is 392 g/mol. The zero-order chi connectivity index (χ0) is 19.6. The minimum absolute atomic E-state index is 0.170. The zero-order valence-electron chi connectivity index (χ0n) is 15.8. The molecule has 0 bridgehead atoms. The van der Waals surface area contributed by atoms with Crippen LogP contribution in [-0.2, 0) is 21.3 Å². The van der Waals surface area contributed by atoms with E-state index in [0.29, 0.717) is 43.4 Å². The second kappa shape index (κ2) is 7.84. The fraction of sp³-hybridized carbons (Fsp3) is 0.421. The van der Waals surface area contributed by atoms with E-state index in [-0.39, 0.29) is 5.76 Å². The predicted octanol–water partition coefficient (Wildman–Crippen LogP) is 2.19. The topological polar surface area (TPSA) is 80.1 Å². The first-order chi connectivity index (χ1) is 12.8. The smallest absolute Gasteiger partial charge is 0.373 e. The van der Waals surface area contributed by atoms with Gasteiger partial charge in [-0.2, -0.15) is 4.31 Å². The molecule has 0 amide bonds. The number of ether oxygens (including phenoxy) is 1. The van der Waals surface area contributed by atoms with Crippen LogP contribution >= 0.6 is 0 Å². The van der Waals surface area contributed by atoms with Gasteiger partial charge in [0.1, 0.15) is 5.76 Å². The number of rotatable bonds is 5. The predicted molar refractivity (Wildman–Crippen MR) is 100.0 cm³/mol. The van der Waals surface area contributed by atoms with Gasteiger partial charge in [0.15, 0.2) is 0 Å². The molecule has 0 saturated carbocycles. The van der Waals surface area contributed by atoms with E-state index in [4.69, 9.17) is 4.42 Å². The van der Waals surface area contributed by atoms with Crippen LogP contribution in [-0.4, -0.2) is 56.9 Å². The van der Waals surface area contributed by atoms with Crippen molar-refractivity contribution >= 4 is 16.0 Å². The van der Waals surface area contributed by atoms with Gasteiger partial charge in [0, 0.05) is 26.2 Å². The van der Waals surface area contributed by atoms with Gasteiger partial charge >= 0.3 is 5.97 Å². The molecule has 7 nitrogen and oxygen atoms in total. The Balaban J connectivity index is 1.62. The van der Waals surface area contributed by atoms with Crippen molar-refractivity contribution in [1.29, 1.82) is 0 Å². The highest BCUT2D eigenvalue weighted by atomic mass is 32.2. The first-order valence-electron chi connectivity index (χ1n) is 8.78. The molecule has 1 aromatic heterocycles. The van der Waals surface area contributed by atoms with Crippen molar-refractivity contribution in [3.8, 4) is 0 Å². The van der Waals surface area contributed by atoms with Crippen LogP contribution in [0.3, 0.4) is 0 Å². The maximum Gasteiger partial charge on any atom is 0.373 e. The van der Waals surface area contributed by atoms with Crippen LogP contribution in [0.5, 0.6) is 0 Å². The zero-order valence-corrected chi connectivity index (χ0v) is 16.6. The summed E-state index contributed by atoms with van der Waals surface area (Å²) in [4.78, 5) is 13.9. The van der Waals surface area contributed by atoms with Crippen LogP contribution in [0, 0.1) is 13.8 Å². The number of piperazine rings is 1. The summed E-state index contributed by atoms with van der Waals surface area (Å²) in [6.07, 6.45) is 0. The Hall–Kier alpha value is -2.16. The summed E-state index contributed by atoms with van der Waals surface area (Å²) in [6, 6.07) is 8.57. The van der Waals surface area contributed by atoms with Crippen LogP contribution in [0.1, 0.15) is 27.4 Å². The number of carbonyl (C=O) groups is 1. The number of esters is 1. The Morgan fingerprint density at radius 3 is 2.41 bits per heavy atom. The molecule has 1 saturated heterocycles. The fourth-order valence-electron chi connectivity index (χ4n) is 3.05. The van der Waals surface area contributed by atoms with Gasteiger partial charge in [-0.1, -0.05) is 6.07 Å². The molecule has 0 spiro atoms. The van der Waals surface area contributed by atoms with E-state index < -0.39 is 16.0 Å². The van der Waals surface area contributed by atoms with Crippen molar-refractivity contribution in [2.75, 3.05) is 33.3 Å². The number of carbonyl (C=O) groups excluding carboxylic acids is 1. The van der Waals surface area contributed by atoms with Gasteiger partial charge < -0.3 is 9.15 Å². The molecule has 0 radical (unpaired) electrons. The Kier molecular flexibility index (Phi) is 5.69. The van der Waals surface area contributed by atoms with E-state index in [1.54, 1.807) is 24.3 Å². The molecule has 1 fully saturated rings. The first kappa shape index (κ1) is 19.6. The number of aryl methyl sites for hydroxylation is 2. The summed E-state index contributed by atoms with van der Waals surface area (Å²) in [6.45, 7) is 6.42. The lowest BCUT2D eigenvalue weighted by Crippen LogP contribution is -2.48. The van der Waals surface area contributed by atoms with Gasteiger partial charge in [-0.3, -0.25) is 4.90 Å². The molecular formula is C19H24N2O5S. The molecule has 0 N–H and O–H groups in total. The minimum Gasteiger partial charge on any atom is -0.463 e. The largest absolute Gasteiger partial charge is 0.463 e. The lowest BCUT2D eigenvalue weighted by atomic mass is 10.1. The molecule has 0 unspecified atom stereocenters. The molecule has 2 aromatic rings. The molecule has 3 rings (SSSR count). The monoisotopic (exact) mass is 392 g/mol. The molecule has 1 aliphatic heterocycles. The van der Waals surface area contributed by atoms with E-state index in [2.05, 4.69) is 9.64 Å². The summed E-state index contributed by atoms with van der Waals surface area (Å²) < 4.78 is 37.4. The Morgan fingerprint density at radius 2 is 1.78 bits per heavy atom. The van der Waals surface area contributed by atoms with Crippen molar-refractivity contribution in [2.24, 2.45) is 0 Å². The van der Waals surface area contributed by atoms with Gasteiger partial charge in [0.25, 0.3) is 0 Å². The quantitative estimate of drug-likeness (QED) is 0.726. The molecule has 2 heterocycles. The number of nitrogens with zero attached hydrogens (tertiary/aromatic N) is 2. The second-order valence-electron chi connectivity index (χ2n) is 6.68. The summed E-state index contributed by atoms with van der Waals surface area (Å²) in [7, 11) is -2.18. The van der Waals surface area contributed by atoms with Crippen molar-refractivity contribution in [1.82, 2.24) is 9.21 Å². The summed E-state index contributed by atoms with van der Waals surface area (Å²) in [5.41, 5.74) is 2.04. The van der Waals surface area contributed by atoms with Crippen LogP contribution in [0.4, 0.5) is 0 Å². The van der Waals surface area contributed by atoms with Crippen molar-refractivity contribution < 1.29 is 22.4 Å². The van der Waals surface area contributed by atoms with Gasteiger partial charge in [0.05, 0.1) is 18.6 Å². The third-order valence-corrected chi connectivity index (χ3v) is 6.77. The first-order valence-corrected chi connectivity index (χ1v) is 10.2. The van der Waals surface area contributed by atoms with Crippen LogP contribution in [0.25, 0.3) is 0 Å². The van der Waals surface area contributed by atoms with Gasteiger partial charge in [0.2, 0.25) is 15.8 Å². The Labute approximate surface area is 159 Å². The molecule has 146 valence electrons. The maximum absolute atomic E-state index is 12.9. The van der Waals surface area contributed by atoms with Crippen LogP contribution in [0.2, 0.25) is 0 Å². The van der Waals surface area contributed by atoms with Crippen LogP contribution in [0.15, 0.2) is 39.6 Å². The summed E-state index contributed by atoms with van der Waals surface area (Å²) >= 11 is 0. The minimum atomic E-state index is -3.49. The van der Waals surface area contributed by atoms with Gasteiger partial charge in [-0.15, -0.1) is 0 Å². The van der Waals surface area contributed by atoms with E-state index in [1.165, 1.54) is 11.4 Å². The lowest BCUT2D eigenvalue weighted by Gasteiger charge is -2.33. The van der Waals surface area contributed by atoms with Crippen molar-refractivity contribution in [3.05, 3.63) is 53.0 Å². The van der Waals surface area contributed by atoms with Gasteiger partial charge in [-0.25, -0.2) is 13.2 Å². The third kappa shape index (κ3) is 4.23. The highest BCUT2D eigenvalue weighted by Crippen LogP contribution is 2.21. The fourth-order valence-corrected chi connectivity index (χ4v) is 4.55. The van der Waals surface area contributed by atoms with E-state index in [0.717, 1.165) is 11.1 Å². The molecule has 27 heavy (non-hydrogen) atoms. The van der Waals surface area contributed by atoms with Gasteiger partial charge in [-0.05, 0) is 49.2 Å². The van der Waals surface area contributed by atoms with Crippen molar-refractivity contribution in [3.63, 3.8) is 0 Å². The Bertz CT molecular complexity index is 927. The molecule has 8 heteroatoms. The number of methoxy groups -OCH3 is 1. The van der Waals surface area contributed by atoms with E-state index in [9.17, 15) is 13.2 Å². The molecule has 0 aliphatic carbocycles. The van der Waals surface area contributed by atoms with Crippen molar-refractivity contribution in [2.45, 2.75) is 25.3 Å². The lowest BCUT2D eigenvalue weighted by molar-refractivity contribution is 0.0560. The molecule has 0 atom stereocenters. The van der Waals surface area contributed by atoms with E-state index in [1.807, 2.05) is 19.9 Å². The SMILES string of the molecule is COC(=O)c1ccc(CN2CCN(S(=O)(=O)c3ccc(C)c(C)c3)CC2)o1. The molecule has 1 aromatic carbocycles. The number of furan rings is 1. The van der Waals surface area contributed by atoms with Crippen LogP contribution < -0.4 is 0 Å². The summed E-state index contributed by atoms with van der Waals surface area (Å²) in [5, 5.41) is 0. The highest BCUT2D eigenvalue weighted by Gasteiger charge is 2.29. The standard InChI is InChI=1S/C19H24N2O5S/c1-14-4-6-17(12-15(14)2)27(23,24)21-10-8-20(9-11-21)13-16-5-7-18(26-16)19(22)25-3/h4-7,12H,8-11,13H2,1-3H3. The normalized spacial score (nSPS) is 16.4.